The summed E-state index contributed by atoms with van der Waals surface area (Å²) in [5, 5.41) is 18.8. The Balaban J connectivity index is 1.71. The fraction of sp³-hybridized carbons (Fsp3) is 0.348. The lowest BCUT2D eigenvalue weighted by molar-refractivity contribution is -0.118. The number of amidine groups is 1. The second-order valence-corrected chi connectivity index (χ2v) is 8.03. The number of nitrogens with zero attached hydrogens (tertiary/aromatic N) is 5. The highest BCUT2D eigenvalue weighted by Crippen LogP contribution is 2.30. The van der Waals surface area contributed by atoms with Gasteiger partial charge < -0.3 is 16.6 Å². The highest BCUT2D eigenvalue weighted by Gasteiger charge is 2.34. The minimum absolute atomic E-state index is 0.117. The molecule has 2 heterocycles. The van der Waals surface area contributed by atoms with Gasteiger partial charge in [-0.25, -0.2) is 9.98 Å². The Morgan fingerprint density at radius 2 is 2.00 bits per heavy atom. The number of rotatable bonds is 8. The monoisotopic (exact) mass is 451 g/mol. The van der Waals surface area contributed by atoms with Gasteiger partial charge in [0.15, 0.2) is 0 Å². The van der Waals surface area contributed by atoms with Crippen LogP contribution in [0, 0.1) is 23.2 Å². The third-order valence-corrected chi connectivity index (χ3v) is 5.63. The summed E-state index contributed by atoms with van der Waals surface area (Å²) in [6.45, 7) is 2.14. The van der Waals surface area contributed by atoms with E-state index in [9.17, 15) is 19.6 Å². The van der Waals surface area contributed by atoms with Gasteiger partial charge in [-0.1, -0.05) is 12.1 Å². The Morgan fingerprint density at radius 1 is 1.30 bits per heavy atom. The first-order chi connectivity index (χ1) is 15.8. The van der Waals surface area contributed by atoms with Crippen LogP contribution in [0.2, 0.25) is 0 Å². The molecule has 10 heteroatoms. The lowest BCUT2D eigenvalue weighted by atomic mass is 9.85. The molecule has 0 radical (unpaired) electrons. The van der Waals surface area contributed by atoms with Crippen LogP contribution in [0.5, 0.6) is 5.75 Å². The summed E-state index contributed by atoms with van der Waals surface area (Å²) in [6, 6.07) is 11.8. The maximum Gasteiger partial charge on any atom is 0.233 e. The number of aromatic hydroxyl groups is 1. The Kier molecular flexibility index (Phi) is 7.69. The van der Waals surface area contributed by atoms with E-state index in [-0.39, 0.29) is 23.7 Å². The van der Waals surface area contributed by atoms with Crippen LogP contribution in [0.3, 0.4) is 0 Å². The third kappa shape index (κ3) is 6.57. The highest BCUT2D eigenvalue weighted by molar-refractivity contribution is 6.14. The first-order valence-electron chi connectivity index (χ1n) is 10.5. The van der Waals surface area contributed by atoms with Crippen LogP contribution in [-0.2, 0) is 11.3 Å². The molecule has 33 heavy (non-hydrogen) atoms. The Labute approximate surface area is 191 Å². The van der Waals surface area contributed by atoms with Crippen molar-refractivity contribution in [2.45, 2.75) is 31.3 Å². The van der Waals surface area contributed by atoms with Gasteiger partial charge in [0.2, 0.25) is 11.9 Å². The molecule has 2 aromatic rings. The molecule has 3 rings (SSSR count). The largest absolute Gasteiger partial charge is 0.508 e. The number of primary amides is 1. The topological polar surface area (TPSA) is 154 Å². The number of phenols is 1. The summed E-state index contributed by atoms with van der Waals surface area (Å²) in [7, 11) is 0. The molecular weight excluding hydrogens is 425 g/mol. The third-order valence-electron chi connectivity index (χ3n) is 5.63. The van der Waals surface area contributed by atoms with Crippen LogP contribution in [0.15, 0.2) is 52.6 Å². The van der Waals surface area contributed by atoms with Crippen molar-refractivity contribution in [1.82, 2.24) is 9.88 Å². The molecule has 1 amide bonds. The molecule has 1 fully saturated rings. The highest BCUT2D eigenvalue weighted by atomic mass is 19.1. The van der Waals surface area contributed by atoms with Gasteiger partial charge in [0, 0.05) is 38.1 Å². The number of carbonyl (C=O) groups is 1. The summed E-state index contributed by atoms with van der Waals surface area (Å²) in [5.41, 5.74) is 12.1. The quantitative estimate of drug-likeness (QED) is 0.317. The predicted octanol–water partition coefficient (Wildman–Crippen LogP) is 2.04. The average molecular weight is 452 g/mol. The maximum atomic E-state index is 13.3. The average Bonchev–Trinajstić information content (AvgIpc) is 2.77. The number of aromatic nitrogens is 1. The normalized spacial score (nSPS) is 17.5. The molecule has 1 aliphatic heterocycles. The van der Waals surface area contributed by atoms with Crippen LogP contribution in [0.1, 0.15) is 24.8 Å². The zero-order valence-corrected chi connectivity index (χ0v) is 18.1. The number of halogens is 1. The summed E-state index contributed by atoms with van der Waals surface area (Å²) >= 11 is 0. The molecule has 0 saturated carbocycles. The zero-order valence-electron chi connectivity index (χ0n) is 18.1. The van der Waals surface area contributed by atoms with Gasteiger partial charge in [-0.2, -0.15) is 9.65 Å². The number of phenolic OH excluding ortho intramolecular Hbond substituents is 1. The smallest absolute Gasteiger partial charge is 0.233 e. The zero-order chi connectivity index (χ0) is 23.8. The van der Waals surface area contributed by atoms with Gasteiger partial charge in [0.05, 0.1) is 23.7 Å². The molecule has 1 unspecified atom stereocenters. The minimum atomic E-state index is -1.09. The van der Waals surface area contributed by atoms with Gasteiger partial charge in [-0.15, -0.1) is 0 Å². The van der Waals surface area contributed by atoms with Crippen molar-refractivity contribution in [2.24, 2.45) is 27.4 Å². The van der Waals surface area contributed by atoms with E-state index in [0.717, 1.165) is 18.2 Å². The fourth-order valence-corrected chi connectivity index (χ4v) is 3.69. The molecule has 0 aliphatic carbocycles. The van der Waals surface area contributed by atoms with Gasteiger partial charge in [-0.3, -0.25) is 14.7 Å². The van der Waals surface area contributed by atoms with E-state index in [1.807, 2.05) is 12.1 Å². The number of benzene rings is 1. The van der Waals surface area contributed by atoms with E-state index < -0.39 is 23.3 Å². The van der Waals surface area contributed by atoms with E-state index in [0.29, 0.717) is 25.9 Å². The Bertz CT molecular complexity index is 1070. The summed E-state index contributed by atoms with van der Waals surface area (Å²) in [5.74, 6) is -2.45. The summed E-state index contributed by atoms with van der Waals surface area (Å²) in [6.07, 6.45) is 4.02. The number of nitrogens with two attached hydrogens (primary N) is 2. The minimum Gasteiger partial charge on any atom is -0.508 e. The number of nitriles is 1. The number of amides is 1. The lowest BCUT2D eigenvalue weighted by Gasteiger charge is -2.38. The van der Waals surface area contributed by atoms with Crippen LogP contribution in [0.4, 0.5) is 10.1 Å². The first-order valence-corrected chi connectivity index (χ1v) is 10.5. The van der Waals surface area contributed by atoms with Crippen LogP contribution in [-0.4, -0.2) is 51.6 Å². The van der Waals surface area contributed by atoms with Crippen molar-refractivity contribution >= 4 is 23.6 Å². The molecule has 0 bridgehead atoms. The number of hydrogen-bond acceptors (Lipinski definition) is 7. The Hall–Kier alpha value is -3.84. The molecule has 0 spiro atoms. The van der Waals surface area contributed by atoms with Crippen LogP contribution < -0.4 is 11.5 Å². The van der Waals surface area contributed by atoms with Crippen molar-refractivity contribution in [3.05, 3.63) is 54.1 Å². The second-order valence-electron chi connectivity index (χ2n) is 8.03. The molecule has 9 nitrogen and oxygen atoms in total. The predicted molar refractivity (Wildman–Crippen MR) is 122 cm³/mol. The van der Waals surface area contributed by atoms with Gasteiger partial charge in [0.1, 0.15) is 17.5 Å². The number of pyridine rings is 1. The number of aliphatic imine (C=N–C) groups is 2. The van der Waals surface area contributed by atoms with Crippen LogP contribution in [0.25, 0.3) is 0 Å². The van der Waals surface area contributed by atoms with Crippen molar-refractivity contribution < 1.29 is 14.3 Å². The van der Waals surface area contributed by atoms with Crippen molar-refractivity contribution in [1.29, 1.82) is 5.26 Å². The SMILES string of the molecule is N#CCC1(N=CC(C(N)=O)C(N)=Nc2ccnc(F)c2)CCN(Cc2ccc(O)cc2)CC1. The molecule has 172 valence electrons. The first kappa shape index (κ1) is 23.8. The van der Waals surface area contributed by atoms with Gasteiger partial charge >= 0.3 is 0 Å². The lowest BCUT2D eigenvalue weighted by Crippen LogP contribution is -2.44. The molecule has 1 saturated heterocycles. The Morgan fingerprint density at radius 3 is 2.61 bits per heavy atom. The molecule has 1 aliphatic rings. The maximum absolute atomic E-state index is 13.3. The van der Waals surface area contributed by atoms with E-state index in [1.54, 1.807) is 12.1 Å². The molecule has 1 aromatic carbocycles. The van der Waals surface area contributed by atoms with Gasteiger partial charge in [0.25, 0.3) is 0 Å². The molecular formula is C23H26FN7O2. The van der Waals surface area contributed by atoms with E-state index in [1.165, 1.54) is 18.5 Å². The number of hydrogen-bond donors (Lipinski definition) is 3. The van der Waals surface area contributed by atoms with Gasteiger partial charge in [-0.05, 0) is 36.6 Å². The molecule has 1 atom stereocenters. The number of piperidine rings is 1. The standard InChI is InChI=1S/C23H26FN7O2/c24-20-13-17(5-10-28-20)30-21(26)19(22(27)33)14-29-23(6-9-25)7-11-31(12-8-23)15-16-1-3-18(32)4-2-16/h1-5,10,13-14,19,32H,6-8,11-12,15H2,(H2,27,33)(H2,26,28,30). The summed E-state index contributed by atoms with van der Waals surface area (Å²) < 4.78 is 13.3. The summed E-state index contributed by atoms with van der Waals surface area (Å²) in [4.78, 5) is 26.4. The van der Waals surface area contributed by atoms with E-state index >= 15 is 0 Å². The van der Waals surface area contributed by atoms with Crippen molar-refractivity contribution in [3.8, 4) is 11.8 Å². The van der Waals surface area contributed by atoms with E-state index in [4.69, 9.17) is 11.5 Å². The number of carbonyl (C=O) groups excluding carboxylic acids is 1. The van der Waals surface area contributed by atoms with Crippen molar-refractivity contribution in [2.75, 3.05) is 13.1 Å². The second kappa shape index (κ2) is 10.7. The van der Waals surface area contributed by atoms with E-state index in [2.05, 4.69) is 25.9 Å². The van der Waals surface area contributed by atoms with Crippen LogP contribution >= 0.6 is 0 Å². The van der Waals surface area contributed by atoms with Crippen molar-refractivity contribution in [3.63, 3.8) is 0 Å². The fourth-order valence-electron chi connectivity index (χ4n) is 3.69. The molecule has 1 aromatic heterocycles. The molecule has 5 N–H and O–H groups in total. The number of likely N-dealkylation sites (tertiary alicyclic amines) is 1.